The van der Waals surface area contributed by atoms with Crippen LogP contribution in [-0.2, 0) is 5.75 Å². The van der Waals surface area contributed by atoms with Crippen LogP contribution in [0.3, 0.4) is 0 Å². The Balaban J connectivity index is 1.45. The van der Waals surface area contributed by atoms with Gasteiger partial charge in [-0.15, -0.1) is 11.8 Å². The number of thioether (sulfide) groups is 1. The molecule has 0 fully saturated rings. The second-order valence-corrected chi connectivity index (χ2v) is 9.48. The number of nitrogens with one attached hydrogen (secondary N) is 1. The summed E-state index contributed by atoms with van der Waals surface area (Å²) in [4.78, 5) is 18.7. The summed E-state index contributed by atoms with van der Waals surface area (Å²) in [5, 5.41) is 3.05. The van der Waals surface area contributed by atoms with Gasteiger partial charge >= 0.3 is 0 Å². The molecule has 5 heteroatoms. The molecule has 3 aromatic carbocycles. The van der Waals surface area contributed by atoms with Crippen molar-refractivity contribution in [1.82, 2.24) is 4.98 Å². The summed E-state index contributed by atoms with van der Waals surface area (Å²) in [5.41, 5.74) is 7.80. The van der Waals surface area contributed by atoms with Crippen molar-refractivity contribution in [2.24, 2.45) is 0 Å². The highest BCUT2D eigenvalue weighted by Crippen LogP contribution is 2.28. The van der Waals surface area contributed by atoms with Crippen molar-refractivity contribution in [2.75, 3.05) is 5.32 Å². The van der Waals surface area contributed by atoms with E-state index < -0.39 is 0 Å². The number of carbonyl (C=O) groups is 1. The molecule has 1 amide bonds. The Labute approximate surface area is 199 Å². The molecule has 1 aromatic heterocycles. The lowest BCUT2D eigenvalue weighted by atomic mass is 10.0. The molecule has 0 saturated carbocycles. The van der Waals surface area contributed by atoms with E-state index in [-0.39, 0.29) is 5.91 Å². The van der Waals surface area contributed by atoms with E-state index in [0.717, 1.165) is 39.6 Å². The number of aryl methyl sites for hydroxylation is 5. The van der Waals surface area contributed by atoms with Crippen molar-refractivity contribution in [3.63, 3.8) is 0 Å². The van der Waals surface area contributed by atoms with E-state index in [1.165, 1.54) is 16.0 Å². The molecule has 0 radical (unpaired) electrons. The predicted octanol–water partition coefficient (Wildman–Crippen LogP) is 7.43. The van der Waals surface area contributed by atoms with Gasteiger partial charge in [-0.3, -0.25) is 4.79 Å². The Kier molecular flexibility index (Phi) is 6.70. The van der Waals surface area contributed by atoms with Crippen LogP contribution in [0, 0.1) is 34.6 Å². The van der Waals surface area contributed by atoms with Gasteiger partial charge in [0.2, 0.25) is 5.89 Å². The van der Waals surface area contributed by atoms with Gasteiger partial charge in [0.25, 0.3) is 5.91 Å². The molecule has 33 heavy (non-hydrogen) atoms. The lowest BCUT2D eigenvalue weighted by Crippen LogP contribution is -2.13. The lowest BCUT2D eigenvalue weighted by Gasteiger charge is -2.13. The average molecular weight is 457 g/mol. The largest absolute Gasteiger partial charge is 0.441 e. The molecule has 0 saturated heterocycles. The maximum atomic E-state index is 12.8. The molecule has 0 spiro atoms. The zero-order valence-corrected chi connectivity index (χ0v) is 20.5. The molecular formula is C28H28N2O2S. The first-order valence-electron chi connectivity index (χ1n) is 11.0. The van der Waals surface area contributed by atoms with Crippen LogP contribution in [0.15, 0.2) is 70.0 Å². The van der Waals surface area contributed by atoms with Gasteiger partial charge < -0.3 is 9.73 Å². The van der Waals surface area contributed by atoms with Crippen molar-refractivity contribution >= 4 is 23.4 Å². The van der Waals surface area contributed by atoms with E-state index in [9.17, 15) is 4.79 Å². The summed E-state index contributed by atoms with van der Waals surface area (Å²) in [5.74, 6) is 2.00. The maximum Gasteiger partial charge on any atom is 0.255 e. The van der Waals surface area contributed by atoms with E-state index in [1.54, 1.807) is 11.8 Å². The molecule has 1 heterocycles. The van der Waals surface area contributed by atoms with Gasteiger partial charge in [0.15, 0.2) is 0 Å². The smallest absolute Gasteiger partial charge is 0.255 e. The van der Waals surface area contributed by atoms with Crippen molar-refractivity contribution in [1.29, 1.82) is 0 Å². The van der Waals surface area contributed by atoms with Crippen LogP contribution in [0.25, 0.3) is 11.5 Å². The third-order valence-electron chi connectivity index (χ3n) is 5.60. The van der Waals surface area contributed by atoms with Crippen LogP contribution in [-0.4, -0.2) is 10.9 Å². The Morgan fingerprint density at radius 2 is 1.52 bits per heavy atom. The minimum atomic E-state index is -0.129. The third-order valence-corrected chi connectivity index (χ3v) is 6.62. The van der Waals surface area contributed by atoms with E-state index >= 15 is 0 Å². The van der Waals surface area contributed by atoms with E-state index in [1.807, 2.05) is 45.0 Å². The summed E-state index contributed by atoms with van der Waals surface area (Å²) in [6.45, 7) is 10.1. The molecular weight excluding hydrogens is 428 g/mol. The van der Waals surface area contributed by atoms with Crippen LogP contribution in [0.2, 0.25) is 0 Å². The standard InChI is InChI=1S/C28H28N2O2S/c1-17-6-12-24(13-7-17)33-16-25-21(5)32-28(29-25)23-10-8-22(9-11-23)27(31)30-26-19(3)14-18(2)15-20(26)4/h6-15H,16H2,1-5H3,(H,30,31). The monoisotopic (exact) mass is 456 g/mol. The summed E-state index contributed by atoms with van der Waals surface area (Å²) < 4.78 is 5.92. The summed E-state index contributed by atoms with van der Waals surface area (Å²) in [6, 6.07) is 20.0. The highest BCUT2D eigenvalue weighted by atomic mass is 32.2. The van der Waals surface area contributed by atoms with Crippen LogP contribution in [0.4, 0.5) is 5.69 Å². The molecule has 168 valence electrons. The third kappa shape index (κ3) is 5.37. The van der Waals surface area contributed by atoms with Crippen molar-refractivity contribution in [2.45, 2.75) is 45.3 Å². The van der Waals surface area contributed by atoms with Crippen molar-refractivity contribution in [3.8, 4) is 11.5 Å². The minimum absolute atomic E-state index is 0.129. The molecule has 0 aliphatic rings. The number of rotatable bonds is 6. The molecule has 4 aromatic rings. The van der Waals surface area contributed by atoms with E-state index in [2.05, 4.69) is 55.6 Å². The topological polar surface area (TPSA) is 55.1 Å². The molecule has 1 N–H and O–H groups in total. The van der Waals surface area contributed by atoms with Crippen LogP contribution in [0.1, 0.15) is 44.1 Å². The summed E-state index contributed by atoms with van der Waals surface area (Å²) in [7, 11) is 0. The van der Waals surface area contributed by atoms with Gasteiger partial charge in [0.05, 0.1) is 5.69 Å². The number of amides is 1. The minimum Gasteiger partial charge on any atom is -0.441 e. The van der Waals surface area contributed by atoms with Crippen LogP contribution in [0.5, 0.6) is 0 Å². The molecule has 0 atom stereocenters. The highest BCUT2D eigenvalue weighted by Gasteiger charge is 2.14. The summed E-state index contributed by atoms with van der Waals surface area (Å²) in [6.07, 6.45) is 0. The second-order valence-electron chi connectivity index (χ2n) is 8.43. The van der Waals surface area contributed by atoms with Crippen molar-refractivity contribution < 1.29 is 9.21 Å². The Morgan fingerprint density at radius 3 is 2.15 bits per heavy atom. The van der Waals surface area contributed by atoms with E-state index in [0.29, 0.717) is 11.5 Å². The molecule has 0 aliphatic heterocycles. The molecule has 0 unspecified atom stereocenters. The average Bonchev–Trinajstić information content (AvgIpc) is 3.16. The molecule has 0 aliphatic carbocycles. The SMILES string of the molecule is Cc1ccc(SCc2nc(-c3ccc(C(=O)Nc4c(C)cc(C)cc4C)cc3)oc2C)cc1. The maximum absolute atomic E-state index is 12.8. The van der Waals surface area contributed by atoms with Gasteiger partial charge in [0.1, 0.15) is 5.76 Å². The van der Waals surface area contributed by atoms with Gasteiger partial charge in [-0.25, -0.2) is 4.98 Å². The zero-order valence-electron chi connectivity index (χ0n) is 19.7. The van der Waals surface area contributed by atoms with Crippen molar-refractivity contribution in [3.05, 3.63) is 99.9 Å². The zero-order chi connectivity index (χ0) is 23.5. The van der Waals surface area contributed by atoms with Gasteiger partial charge in [-0.05, 0) is 82.1 Å². The first-order chi connectivity index (χ1) is 15.8. The predicted molar refractivity (Wildman–Crippen MR) is 136 cm³/mol. The number of anilines is 1. The molecule has 4 nitrogen and oxygen atoms in total. The molecule has 0 bridgehead atoms. The Morgan fingerprint density at radius 1 is 0.879 bits per heavy atom. The fourth-order valence-electron chi connectivity index (χ4n) is 3.80. The van der Waals surface area contributed by atoms with E-state index in [4.69, 9.17) is 9.40 Å². The quantitative estimate of drug-likeness (QED) is 0.307. The number of oxazole rings is 1. The van der Waals surface area contributed by atoms with Gasteiger partial charge in [0, 0.05) is 27.5 Å². The Hall–Kier alpha value is -3.31. The fourth-order valence-corrected chi connectivity index (χ4v) is 4.70. The number of nitrogens with zero attached hydrogens (tertiary/aromatic N) is 1. The van der Waals surface area contributed by atoms with Gasteiger partial charge in [-0.2, -0.15) is 0 Å². The Bertz CT molecular complexity index is 1270. The number of carbonyl (C=O) groups excluding carboxylic acids is 1. The number of benzene rings is 3. The number of aromatic nitrogens is 1. The number of hydrogen-bond donors (Lipinski definition) is 1. The number of hydrogen-bond acceptors (Lipinski definition) is 4. The fraction of sp³-hybridized carbons (Fsp3) is 0.214. The van der Waals surface area contributed by atoms with Crippen LogP contribution < -0.4 is 5.32 Å². The summed E-state index contributed by atoms with van der Waals surface area (Å²) >= 11 is 1.74. The lowest BCUT2D eigenvalue weighted by molar-refractivity contribution is 0.102. The molecule has 4 rings (SSSR count). The van der Waals surface area contributed by atoms with Crippen LogP contribution >= 0.6 is 11.8 Å². The normalized spacial score (nSPS) is 10.9. The second kappa shape index (κ2) is 9.67. The highest BCUT2D eigenvalue weighted by molar-refractivity contribution is 7.98. The van der Waals surface area contributed by atoms with Gasteiger partial charge in [-0.1, -0.05) is 35.4 Å². The first-order valence-corrected chi connectivity index (χ1v) is 11.9. The first kappa shape index (κ1) is 22.9.